The lowest BCUT2D eigenvalue weighted by Gasteiger charge is -2.33. The zero-order valence-corrected chi connectivity index (χ0v) is 11.1. The van der Waals surface area contributed by atoms with E-state index < -0.39 is 0 Å². The predicted molar refractivity (Wildman–Crippen MR) is 74.4 cm³/mol. The van der Waals surface area contributed by atoms with E-state index in [1.165, 1.54) is 5.69 Å². The van der Waals surface area contributed by atoms with Gasteiger partial charge in [0.15, 0.2) is 0 Å². The van der Waals surface area contributed by atoms with Gasteiger partial charge in [-0.15, -0.1) is 0 Å². The Labute approximate surface area is 108 Å². The van der Waals surface area contributed by atoms with Gasteiger partial charge in [0.05, 0.1) is 0 Å². The number of hydrogen-bond acceptors (Lipinski definition) is 3. The highest BCUT2D eigenvalue weighted by Gasteiger charge is 2.19. The molecule has 0 radical (unpaired) electrons. The third kappa shape index (κ3) is 2.64. The standard InChI is InChI=1S/C14H21N3O/c1-10-9-12(3-4-13(10)14(15)16)17(2)11-5-7-18-8-6-11/h3-4,9,11H,5-8H2,1-2H3,(H3,15,16). The first-order valence-electron chi connectivity index (χ1n) is 6.35. The molecule has 2 rings (SSSR count). The Hall–Kier alpha value is -1.55. The molecule has 98 valence electrons. The Morgan fingerprint density at radius 3 is 2.61 bits per heavy atom. The van der Waals surface area contributed by atoms with E-state index >= 15 is 0 Å². The van der Waals surface area contributed by atoms with Crippen LogP contribution in [-0.4, -0.2) is 32.1 Å². The van der Waals surface area contributed by atoms with Crippen LogP contribution in [0.2, 0.25) is 0 Å². The highest BCUT2D eigenvalue weighted by Crippen LogP contribution is 2.23. The number of nitrogens with two attached hydrogens (primary N) is 1. The summed E-state index contributed by atoms with van der Waals surface area (Å²) in [4.78, 5) is 2.30. The van der Waals surface area contributed by atoms with Crippen LogP contribution >= 0.6 is 0 Å². The van der Waals surface area contributed by atoms with E-state index in [1.54, 1.807) is 0 Å². The van der Waals surface area contributed by atoms with Crippen molar-refractivity contribution >= 4 is 11.5 Å². The number of amidine groups is 1. The number of ether oxygens (including phenoxy) is 1. The molecule has 0 aliphatic carbocycles. The number of nitrogens with zero attached hydrogens (tertiary/aromatic N) is 1. The molecule has 4 nitrogen and oxygen atoms in total. The van der Waals surface area contributed by atoms with Crippen LogP contribution in [0.4, 0.5) is 5.69 Å². The highest BCUT2D eigenvalue weighted by molar-refractivity contribution is 5.96. The van der Waals surface area contributed by atoms with Crippen molar-refractivity contribution in [2.24, 2.45) is 5.73 Å². The van der Waals surface area contributed by atoms with Crippen LogP contribution in [0.5, 0.6) is 0 Å². The summed E-state index contributed by atoms with van der Waals surface area (Å²) in [6.07, 6.45) is 2.15. The van der Waals surface area contributed by atoms with Gasteiger partial charge >= 0.3 is 0 Å². The van der Waals surface area contributed by atoms with Crippen LogP contribution in [-0.2, 0) is 4.74 Å². The van der Waals surface area contributed by atoms with Crippen LogP contribution < -0.4 is 10.6 Å². The van der Waals surface area contributed by atoms with E-state index in [1.807, 2.05) is 19.1 Å². The van der Waals surface area contributed by atoms with Gasteiger partial charge in [0.1, 0.15) is 5.84 Å². The summed E-state index contributed by atoms with van der Waals surface area (Å²) in [7, 11) is 2.12. The van der Waals surface area contributed by atoms with E-state index in [0.29, 0.717) is 6.04 Å². The number of hydrogen-bond donors (Lipinski definition) is 2. The van der Waals surface area contributed by atoms with Crippen molar-refractivity contribution in [1.29, 1.82) is 5.41 Å². The van der Waals surface area contributed by atoms with E-state index in [4.69, 9.17) is 15.9 Å². The van der Waals surface area contributed by atoms with Crippen LogP contribution in [0.15, 0.2) is 18.2 Å². The molecule has 18 heavy (non-hydrogen) atoms. The lowest BCUT2D eigenvalue weighted by Crippen LogP contribution is -2.36. The van der Waals surface area contributed by atoms with E-state index in [-0.39, 0.29) is 5.84 Å². The van der Waals surface area contributed by atoms with Crippen molar-refractivity contribution < 1.29 is 4.74 Å². The summed E-state index contributed by atoms with van der Waals surface area (Å²) in [6, 6.07) is 6.62. The fourth-order valence-corrected chi connectivity index (χ4v) is 2.45. The normalized spacial score (nSPS) is 16.6. The second-order valence-corrected chi connectivity index (χ2v) is 4.87. The molecule has 0 amide bonds. The smallest absolute Gasteiger partial charge is 0.123 e. The maximum absolute atomic E-state index is 7.50. The molecule has 3 N–H and O–H groups in total. The summed E-state index contributed by atoms with van der Waals surface area (Å²) in [5.74, 6) is 0.132. The van der Waals surface area contributed by atoms with Gasteiger partial charge in [-0.05, 0) is 43.5 Å². The molecular weight excluding hydrogens is 226 g/mol. The third-order valence-electron chi connectivity index (χ3n) is 3.65. The van der Waals surface area contributed by atoms with Gasteiger partial charge in [-0.25, -0.2) is 0 Å². The molecule has 0 atom stereocenters. The van der Waals surface area contributed by atoms with E-state index in [2.05, 4.69) is 18.0 Å². The zero-order chi connectivity index (χ0) is 13.1. The Bertz CT molecular complexity index is 439. The summed E-state index contributed by atoms with van der Waals surface area (Å²) < 4.78 is 5.39. The number of aryl methyl sites for hydroxylation is 1. The van der Waals surface area contributed by atoms with Gasteiger partial charge in [0.25, 0.3) is 0 Å². The minimum absolute atomic E-state index is 0.132. The topological polar surface area (TPSA) is 62.3 Å². The second kappa shape index (κ2) is 5.40. The second-order valence-electron chi connectivity index (χ2n) is 4.87. The zero-order valence-electron chi connectivity index (χ0n) is 11.1. The van der Waals surface area contributed by atoms with Crippen LogP contribution in [0.25, 0.3) is 0 Å². The fraction of sp³-hybridized carbons (Fsp3) is 0.500. The molecule has 1 aliphatic heterocycles. The van der Waals surface area contributed by atoms with Crippen molar-refractivity contribution in [3.8, 4) is 0 Å². The minimum atomic E-state index is 0.132. The maximum Gasteiger partial charge on any atom is 0.123 e. The number of anilines is 1. The number of nitrogen functional groups attached to an aromatic ring is 1. The molecule has 0 bridgehead atoms. The molecule has 1 fully saturated rings. The largest absolute Gasteiger partial charge is 0.384 e. The predicted octanol–water partition coefficient (Wildman–Crippen LogP) is 1.89. The van der Waals surface area contributed by atoms with Crippen LogP contribution in [0.1, 0.15) is 24.0 Å². The first-order chi connectivity index (χ1) is 8.59. The average molecular weight is 247 g/mol. The Morgan fingerprint density at radius 1 is 1.39 bits per heavy atom. The Balaban J connectivity index is 2.17. The van der Waals surface area contributed by atoms with Gasteiger partial charge in [0.2, 0.25) is 0 Å². The fourth-order valence-electron chi connectivity index (χ4n) is 2.45. The first kappa shape index (κ1) is 12.9. The number of rotatable bonds is 3. The molecule has 0 saturated carbocycles. The minimum Gasteiger partial charge on any atom is -0.384 e. The summed E-state index contributed by atoms with van der Waals surface area (Å²) >= 11 is 0. The van der Waals surface area contributed by atoms with Crippen molar-refractivity contribution in [3.63, 3.8) is 0 Å². The third-order valence-corrected chi connectivity index (χ3v) is 3.65. The summed E-state index contributed by atoms with van der Waals surface area (Å²) in [5.41, 5.74) is 8.59. The molecule has 1 saturated heterocycles. The lowest BCUT2D eigenvalue weighted by atomic mass is 10.0. The van der Waals surface area contributed by atoms with Crippen LogP contribution in [0, 0.1) is 12.3 Å². The van der Waals surface area contributed by atoms with E-state index in [0.717, 1.165) is 37.2 Å². The van der Waals surface area contributed by atoms with Gasteiger partial charge < -0.3 is 15.4 Å². The van der Waals surface area contributed by atoms with Crippen molar-refractivity contribution in [3.05, 3.63) is 29.3 Å². The first-order valence-corrected chi connectivity index (χ1v) is 6.35. The molecule has 0 unspecified atom stereocenters. The number of benzene rings is 1. The van der Waals surface area contributed by atoms with Gasteiger partial charge in [-0.1, -0.05) is 0 Å². The van der Waals surface area contributed by atoms with Crippen molar-refractivity contribution in [2.75, 3.05) is 25.2 Å². The van der Waals surface area contributed by atoms with E-state index in [9.17, 15) is 0 Å². The highest BCUT2D eigenvalue weighted by atomic mass is 16.5. The Kier molecular flexibility index (Phi) is 3.87. The SMILES string of the molecule is Cc1cc(N(C)C2CCOCC2)ccc1C(=N)N. The van der Waals surface area contributed by atoms with Crippen molar-refractivity contribution in [1.82, 2.24) is 0 Å². The van der Waals surface area contributed by atoms with Gasteiger partial charge in [-0.2, -0.15) is 0 Å². The molecule has 1 aromatic rings. The summed E-state index contributed by atoms with van der Waals surface area (Å²) in [5, 5.41) is 7.50. The maximum atomic E-state index is 7.50. The van der Waals surface area contributed by atoms with Gasteiger partial charge in [0, 0.05) is 37.6 Å². The monoisotopic (exact) mass is 247 g/mol. The summed E-state index contributed by atoms with van der Waals surface area (Å²) in [6.45, 7) is 3.69. The molecule has 1 aliphatic rings. The lowest BCUT2D eigenvalue weighted by molar-refractivity contribution is 0.0855. The number of nitrogens with one attached hydrogen (secondary N) is 1. The molecule has 0 aromatic heterocycles. The average Bonchev–Trinajstić information content (AvgIpc) is 2.38. The molecule has 1 heterocycles. The quantitative estimate of drug-likeness (QED) is 0.633. The molecule has 0 spiro atoms. The van der Waals surface area contributed by atoms with Crippen LogP contribution in [0.3, 0.4) is 0 Å². The van der Waals surface area contributed by atoms with Crippen molar-refractivity contribution in [2.45, 2.75) is 25.8 Å². The van der Waals surface area contributed by atoms with Gasteiger partial charge in [-0.3, -0.25) is 5.41 Å². The Morgan fingerprint density at radius 2 is 2.06 bits per heavy atom. The molecular formula is C14H21N3O. The molecule has 4 heteroatoms. The molecule has 1 aromatic carbocycles.